The topological polar surface area (TPSA) is 50.7 Å². The number of aliphatic hydroxyl groups is 1. The molecule has 0 aliphatic carbocycles. The van der Waals surface area contributed by atoms with Crippen molar-refractivity contribution in [2.45, 2.75) is 19.9 Å². The van der Waals surface area contributed by atoms with E-state index in [-0.39, 0.29) is 19.3 Å². The molecule has 1 unspecified atom stereocenters. The first-order chi connectivity index (χ1) is 9.22. The Hall–Kier alpha value is -1.70. The van der Waals surface area contributed by atoms with Crippen LogP contribution in [0.1, 0.15) is 25.5 Å². The highest BCUT2D eigenvalue weighted by Gasteiger charge is 2.09. The number of hydrogen-bond acceptors (Lipinski definition) is 4. The van der Waals surface area contributed by atoms with Crippen LogP contribution in [0.25, 0.3) is 0 Å². The molecule has 1 atom stereocenters. The number of ether oxygens (including phenoxy) is 2. The summed E-state index contributed by atoms with van der Waals surface area (Å²) in [6.07, 6.45) is 0. The average molecular weight is 263 g/mol. The van der Waals surface area contributed by atoms with E-state index < -0.39 is 0 Å². The summed E-state index contributed by atoms with van der Waals surface area (Å²) in [4.78, 5) is 0. The van der Waals surface area contributed by atoms with Crippen LogP contribution in [0, 0.1) is 11.8 Å². The summed E-state index contributed by atoms with van der Waals surface area (Å²) in [5.41, 5.74) is 1.10. The number of nitrogens with one attached hydrogen (secondary N) is 1. The van der Waals surface area contributed by atoms with Gasteiger partial charge in [0, 0.05) is 6.04 Å². The highest BCUT2D eigenvalue weighted by Crippen LogP contribution is 2.30. The summed E-state index contributed by atoms with van der Waals surface area (Å²) in [6, 6.07) is 5.95. The molecule has 0 saturated heterocycles. The van der Waals surface area contributed by atoms with Crippen molar-refractivity contribution in [2.75, 3.05) is 26.9 Å². The number of hydrogen-bond donors (Lipinski definition) is 2. The Kier molecular flexibility index (Phi) is 6.80. The minimum Gasteiger partial charge on any atom is -0.493 e. The maximum atomic E-state index is 8.77. The van der Waals surface area contributed by atoms with Gasteiger partial charge in [0.1, 0.15) is 6.61 Å². The molecule has 0 amide bonds. The maximum absolute atomic E-state index is 8.77. The summed E-state index contributed by atoms with van der Waals surface area (Å²) in [5.74, 6) is 7.13. The minimum absolute atomic E-state index is 0.0153. The third kappa shape index (κ3) is 4.82. The fourth-order valence-electron chi connectivity index (χ4n) is 1.64. The zero-order valence-corrected chi connectivity index (χ0v) is 11.7. The van der Waals surface area contributed by atoms with Crippen LogP contribution in [-0.4, -0.2) is 32.0 Å². The fraction of sp³-hybridized carbons (Fsp3) is 0.467. The lowest BCUT2D eigenvalue weighted by Gasteiger charge is -2.16. The van der Waals surface area contributed by atoms with E-state index in [1.54, 1.807) is 7.11 Å². The molecule has 0 fully saturated rings. The minimum atomic E-state index is -0.0153. The van der Waals surface area contributed by atoms with E-state index in [1.807, 2.05) is 25.1 Å². The highest BCUT2D eigenvalue weighted by atomic mass is 16.5. The number of methoxy groups -OCH3 is 1. The molecular weight excluding hydrogens is 242 g/mol. The van der Waals surface area contributed by atoms with Crippen molar-refractivity contribution >= 4 is 0 Å². The van der Waals surface area contributed by atoms with Gasteiger partial charge in [-0.15, -0.1) is 5.92 Å². The number of aliphatic hydroxyl groups excluding tert-OH is 1. The summed E-state index contributed by atoms with van der Waals surface area (Å²) < 4.78 is 10.7. The van der Waals surface area contributed by atoms with E-state index in [0.717, 1.165) is 5.56 Å². The highest BCUT2D eigenvalue weighted by molar-refractivity contribution is 5.43. The third-order valence-corrected chi connectivity index (χ3v) is 2.71. The molecule has 1 aromatic carbocycles. The molecule has 1 aromatic rings. The van der Waals surface area contributed by atoms with Crippen molar-refractivity contribution in [3.63, 3.8) is 0 Å². The normalized spacial score (nSPS) is 11.4. The first kappa shape index (κ1) is 15.4. The van der Waals surface area contributed by atoms with Gasteiger partial charge in [-0.2, -0.15) is 0 Å². The lowest BCUT2D eigenvalue weighted by Crippen LogP contribution is -2.18. The van der Waals surface area contributed by atoms with Crippen LogP contribution >= 0.6 is 0 Å². The molecule has 104 valence electrons. The molecule has 0 aromatic heterocycles. The zero-order chi connectivity index (χ0) is 14.1. The summed E-state index contributed by atoms with van der Waals surface area (Å²) in [7, 11) is 1.60. The molecule has 0 radical (unpaired) electrons. The van der Waals surface area contributed by atoms with Gasteiger partial charge in [-0.1, -0.05) is 12.0 Å². The Labute approximate surface area is 114 Å². The van der Waals surface area contributed by atoms with Crippen molar-refractivity contribution in [3.05, 3.63) is 23.8 Å². The second kappa shape index (κ2) is 8.41. The zero-order valence-electron chi connectivity index (χ0n) is 11.7. The summed E-state index contributed by atoms with van der Waals surface area (Å²) in [5, 5.41) is 12.1. The molecule has 2 N–H and O–H groups in total. The Balaban J connectivity index is 2.76. The van der Waals surface area contributed by atoms with Gasteiger partial charge in [-0.05, 0) is 31.5 Å². The predicted molar refractivity (Wildman–Crippen MR) is 75.4 cm³/mol. The molecule has 0 spiro atoms. The lowest BCUT2D eigenvalue weighted by atomic mass is 10.1. The van der Waals surface area contributed by atoms with Gasteiger partial charge >= 0.3 is 0 Å². The fourth-order valence-corrected chi connectivity index (χ4v) is 1.64. The quantitative estimate of drug-likeness (QED) is 0.736. The van der Waals surface area contributed by atoms with Crippen molar-refractivity contribution < 1.29 is 14.6 Å². The second-order valence-electron chi connectivity index (χ2n) is 4.01. The van der Waals surface area contributed by atoms with Gasteiger partial charge in [0.2, 0.25) is 0 Å². The van der Waals surface area contributed by atoms with Crippen LogP contribution < -0.4 is 14.8 Å². The van der Waals surface area contributed by atoms with Crippen LogP contribution in [0.4, 0.5) is 0 Å². The first-order valence-corrected chi connectivity index (χ1v) is 6.27. The standard InChI is InChI=1S/C15H21NO3/c1-4-5-8-16-12(2)13-6-7-14(19-10-9-17)15(11-13)18-3/h6-7,11-12,16-17H,8-10H2,1-3H3. The van der Waals surface area contributed by atoms with Crippen LogP contribution in [0.2, 0.25) is 0 Å². The van der Waals surface area contributed by atoms with Gasteiger partial charge in [-0.3, -0.25) is 5.32 Å². The third-order valence-electron chi connectivity index (χ3n) is 2.71. The molecule has 1 rings (SSSR count). The van der Waals surface area contributed by atoms with Crippen molar-refractivity contribution in [3.8, 4) is 23.3 Å². The molecule has 0 bridgehead atoms. The molecule has 0 aliphatic rings. The van der Waals surface area contributed by atoms with Gasteiger partial charge in [-0.25, -0.2) is 0 Å². The van der Waals surface area contributed by atoms with Crippen LogP contribution in [0.15, 0.2) is 18.2 Å². The van der Waals surface area contributed by atoms with Crippen LogP contribution in [0.3, 0.4) is 0 Å². The lowest BCUT2D eigenvalue weighted by molar-refractivity contribution is 0.196. The van der Waals surface area contributed by atoms with E-state index >= 15 is 0 Å². The Morgan fingerprint density at radius 3 is 2.79 bits per heavy atom. The molecular formula is C15H21NO3. The van der Waals surface area contributed by atoms with Gasteiger partial charge < -0.3 is 14.6 Å². The SMILES string of the molecule is CC#CCNC(C)c1ccc(OCCO)c(OC)c1. The van der Waals surface area contributed by atoms with E-state index in [1.165, 1.54) is 0 Å². The number of benzene rings is 1. The molecule has 0 aliphatic heterocycles. The molecule has 0 saturated carbocycles. The monoisotopic (exact) mass is 263 g/mol. The van der Waals surface area contributed by atoms with E-state index in [4.69, 9.17) is 14.6 Å². The second-order valence-corrected chi connectivity index (χ2v) is 4.01. The predicted octanol–water partition coefficient (Wildman–Crippen LogP) is 1.74. The summed E-state index contributed by atoms with van der Waals surface area (Å²) in [6.45, 7) is 4.79. The maximum Gasteiger partial charge on any atom is 0.161 e. The Bertz CT molecular complexity index is 448. The van der Waals surface area contributed by atoms with Crippen molar-refractivity contribution in [2.24, 2.45) is 0 Å². The van der Waals surface area contributed by atoms with E-state index in [2.05, 4.69) is 24.1 Å². The Morgan fingerprint density at radius 1 is 1.37 bits per heavy atom. The van der Waals surface area contributed by atoms with Crippen molar-refractivity contribution in [1.29, 1.82) is 0 Å². The number of rotatable bonds is 7. The molecule has 4 heteroatoms. The van der Waals surface area contributed by atoms with E-state index in [9.17, 15) is 0 Å². The van der Waals surface area contributed by atoms with Crippen LogP contribution in [0.5, 0.6) is 11.5 Å². The largest absolute Gasteiger partial charge is 0.493 e. The summed E-state index contributed by atoms with van der Waals surface area (Å²) >= 11 is 0. The van der Waals surface area contributed by atoms with Crippen LogP contribution in [-0.2, 0) is 0 Å². The molecule has 0 heterocycles. The Morgan fingerprint density at radius 2 is 2.16 bits per heavy atom. The van der Waals surface area contributed by atoms with Gasteiger partial charge in [0.05, 0.1) is 20.3 Å². The average Bonchev–Trinajstić information content (AvgIpc) is 2.45. The van der Waals surface area contributed by atoms with Gasteiger partial charge in [0.15, 0.2) is 11.5 Å². The van der Waals surface area contributed by atoms with E-state index in [0.29, 0.717) is 18.0 Å². The van der Waals surface area contributed by atoms with Crippen molar-refractivity contribution in [1.82, 2.24) is 5.32 Å². The molecule has 4 nitrogen and oxygen atoms in total. The van der Waals surface area contributed by atoms with Gasteiger partial charge in [0.25, 0.3) is 0 Å². The molecule has 19 heavy (non-hydrogen) atoms. The smallest absolute Gasteiger partial charge is 0.161 e. The first-order valence-electron chi connectivity index (χ1n) is 6.27.